The number of nitrogens with one attached hydrogen (secondary N) is 2. The number of allylic oxidation sites excluding steroid dienone is 1. The minimum Gasteiger partial charge on any atom is -0.463 e. The quantitative estimate of drug-likeness (QED) is 0.547. The molecular weight excluding hydrogens is 288 g/mol. The first kappa shape index (κ1) is 17.7. The van der Waals surface area contributed by atoms with Gasteiger partial charge < -0.3 is 20.1 Å². The van der Waals surface area contributed by atoms with Crippen molar-refractivity contribution in [2.24, 2.45) is 0 Å². The Balaban J connectivity index is 2.94. The van der Waals surface area contributed by atoms with Crippen molar-refractivity contribution in [2.75, 3.05) is 13.2 Å². The molecule has 1 aliphatic heterocycles. The van der Waals surface area contributed by atoms with Gasteiger partial charge in [0.25, 0.3) is 0 Å². The van der Waals surface area contributed by atoms with Crippen LogP contribution in [0.15, 0.2) is 23.4 Å². The van der Waals surface area contributed by atoms with Crippen molar-refractivity contribution in [1.29, 1.82) is 0 Å². The zero-order chi connectivity index (χ0) is 16.5. The predicted octanol–water partition coefficient (Wildman–Crippen LogP) is 1.40. The molecule has 2 N–H and O–H groups in total. The number of carbonyl (C=O) groups excluding carboxylic acids is 3. The predicted molar refractivity (Wildman–Crippen MR) is 79.8 cm³/mol. The van der Waals surface area contributed by atoms with Crippen molar-refractivity contribution >= 4 is 18.0 Å². The molecule has 1 atom stereocenters. The fraction of sp³-hybridized carbons (Fsp3) is 0.533. The van der Waals surface area contributed by atoms with Crippen LogP contribution < -0.4 is 10.6 Å². The molecule has 7 heteroatoms. The molecule has 7 nitrogen and oxygen atoms in total. The van der Waals surface area contributed by atoms with E-state index in [2.05, 4.69) is 10.6 Å². The molecule has 0 unspecified atom stereocenters. The molecule has 0 saturated heterocycles. The number of esters is 2. The number of amides is 2. The normalized spacial score (nSPS) is 18.0. The van der Waals surface area contributed by atoms with Crippen LogP contribution in [0.2, 0.25) is 0 Å². The molecule has 0 fully saturated rings. The first-order chi connectivity index (χ1) is 10.5. The molecule has 0 aliphatic carbocycles. The first-order valence-electron chi connectivity index (χ1n) is 7.34. The fourth-order valence-corrected chi connectivity index (χ4v) is 1.98. The van der Waals surface area contributed by atoms with E-state index < -0.39 is 24.0 Å². The molecule has 0 bridgehead atoms. The minimum absolute atomic E-state index is 0.190. The summed E-state index contributed by atoms with van der Waals surface area (Å²) in [6.45, 7) is 5.46. The summed E-state index contributed by atoms with van der Waals surface area (Å²) in [6.07, 6.45) is 4.21. The van der Waals surface area contributed by atoms with Crippen LogP contribution >= 0.6 is 0 Å². The second-order valence-electron chi connectivity index (χ2n) is 4.59. The van der Waals surface area contributed by atoms with Crippen molar-refractivity contribution in [3.8, 4) is 0 Å². The Morgan fingerprint density at radius 3 is 2.55 bits per heavy atom. The van der Waals surface area contributed by atoms with Gasteiger partial charge in [-0.05, 0) is 19.8 Å². The molecule has 0 aromatic carbocycles. The summed E-state index contributed by atoms with van der Waals surface area (Å²) < 4.78 is 10.1. The van der Waals surface area contributed by atoms with Gasteiger partial charge in [0, 0.05) is 6.08 Å². The number of rotatable bonds is 7. The second kappa shape index (κ2) is 8.86. The van der Waals surface area contributed by atoms with E-state index in [0.717, 1.165) is 0 Å². The maximum absolute atomic E-state index is 12.1. The molecule has 122 valence electrons. The van der Waals surface area contributed by atoms with Crippen molar-refractivity contribution in [3.63, 3.8) is 0 Å². The Kier molecular flexibility index (Phi) is 7.15. The van der Waals surface area contributed by atoms with Crippen LogP contribution in [0.3, 0.4) is 0 Å². The van der Waals surface area contributed by atoms with E-state index in [1.54, 1.807) is 13.0 Å². The molecule has 0 aromatic rings. The monoisotopic (exact) mass is 310 g/mol. The maximum atomic E-state index is 12.1. The minimum atomic E-state index is -0.531. The SMILES string of the molecule is CC/C=C/C(=O)OCC1=C(C(=O)OCC)[C@H](CC)NC(=O)N1. The van der Waals surface area contributed by atoms with Crippen molar-refractivity contribution in [1.82, 2.24) is 10.6 Å². The van der Waals surface area contributed by atoms with Crippen molar-refractivity contribution < 1.29 is 23.9 Å². The van der Waals surface area contributed by atoms with Gasteiger partial charge in [0.2, 0.25) is 0 Å². The van der Waals surface area contributed by atoms with Crippen LogP contribution in [0.4, 0.5) is 4.79 Å². The number of carbonyl (C=O) groups is 3. The van der Waals surface area contributed by atoms with Crippen molar-refractivity contribution in [2.45, 2.75) is 39.7 Å². The second-order valence-corrected chi connectivity index (χ2v) is 4.59. The van der Waals surface area contributed by atoms with Gasteiger partial charge in [-0.2, -0.15) is 0 Å². The number of urea groups is 1. The van der Waals surface area contributed by atoms with Gasteiger partial charge in [-0.15, -0.1) is 0 Å². The van der Waals surface area contributed by atoms with Crippen LogP contribution in [0.5, 0.6) is 0 Å². The lowest BCUT2D eigenvalue weighted by Gasteiger charge is -2.28. The number of hydrogen-bond donors (Lipinski definition) is 2. The summed E-state index contributed by atoms with van der Waals surface area (Å²) in [5, 5.41) is 5.15. The summed E-state index contributed by atoms with van der Waals surface area (Å²) in [5.41, 5.74) is 0.545. The Hall–Kier alpha value is -2.31. The zero-order valence-corrected chi connectivity index (χ0v) is 13.1. The highest BCUT2D eigenvalue weighted by Crippen LogP contribution is 2.17. The lowest BCUT2D eigenvalue weighted by Crippen LogP contribution is -2.51. The molecule has 2 amide bonds. The standard InChI is InChI=1S/C15H22N2O5/c1-4-7-8-12(18)22-9-11-13(14(19)21-6-3)10(5-2)16-15(20)17-11/h7-8,10H,4-6,9H2,1-3H3,(H2,16,17,20)/b8-7+/t10-/m0/s1. The summed E-state index contributed by atoms with van der Waals surface area (Å²) in [4.78, 5) is 35.2. The van der Waals surface area contributed by atoms with E-state index >= 15 is 0 Å². The molecule has 0 radical (unpaired) electrons. The van der Waals surface area contributed by atoms with Crippen LogP contribution in [0, 0.1) is 0 Å². The van der Waals surface area contributed by atoms with Crippen LogP contribution in [0.1, 0.15) is 33.6 Å². The fourth-order valence-electron chi connectivity index (χ4n) is 1.98. The molecule has 0 aromatic heterocycles. The molecule has 1 aliphatic rings. The third kappa shape index (κ3) is 4.91. The summed E-state index contributed by atoms with van der Waals surface area (Å²) in [5.74, 6) is -1.06. The van der Waals surface area contributed by atoms with E-state index in [4.69, 9.17) is 9.47 Å². The van der Waals surface area contributed by atoms with Gasteiger partial charge in [0.05, 0.1) is 23.9 Å². The molecule has 1 heterocycles. The highest BCUT2D eigenvalue weighted by Gasteiger charge is 2.31. The van der Waals surface area contributed by atoms with E-state index in [1.807, 2.05) is 13.8 Å². The third-order valence-electron chi connectivity index (χ3n) is 3.00. The Labute approximate surface area is 129 Å². The van der Waals surface area contributed by atoms with Gasteiger partial charge in [-0.25, -0.2) is 14.4 Å². The lowest BCUT2D eigenvalue weighted by molar-refractivity contribution is -0.140. The molecular formula is C15H22N2O5. The van der Waals surface area contributed by atoms with Crippen LogP contribution in [-0.4, -0.2) is 37.2 Å². The highest BCUT2D eigenvalue weighted by atomic mass is 16.5. The average molecular weight is 310 g/mol. The average Bonchev–Trinajstić information content (AvgIpc) is 2.50. The summed E-state index contributed by atoms with van der Waals surface area (Å²) in [7, 11) is 0. The smallest absolute Gasteiger partial charge is 0.338 e. The lowest BCUT2D eigenvalue weighted by atomic mass is 10.0. The van der Waals surface area contributed by atoms with E-state index in [1.165, 1.54) is 6.08 Å². The largest absolute Gasteiger partial charge is 0.463 e. The summed E-state index contributed by atoms with van der Waals surface area (Å²) in [6, 6.07) is -0.900. The molecule has 1 rings (SSSR count). The number of hydrogen-bond acceptors (Lipinski definition) is 5. The van der Waals surface area contributed by atoms with Crippen molar-refractivity contribution in [3.05, 3.63) is 23.4 Å². The van der Waals surface area contributed by atoms with Gasteiger partial charge in [-0.1, -0.05) is 19.9 Å². The number of ether oxygens (including phenoxy) is 2. The highest BCUT2D eigenvalue weighted by molar-refractivity contribution is 5.95. The van der Waals surface area contributed by atoms with E-state index in [-0.39, 0.29) is 24.5 Å². The zero-order valence-electron chi connectivity index (χ0n) is 13.1. The van der Waals surface area contributed by atoms with Crippen LogP contribution in [0.25, 0.3) is 0 Å². The molecule has 0 spiro atoms. The third-order valence-corrected chi connectivity index (χ3v) is 3.00. The summed E-state index contributed by atoms with van der Waals surface area (Å²) >= 11 is 0. The topological polar surface area (TPSA) is 93.7 Å². The molecule has 22 heavy (non-hydrogen) atoms. The Bertz CT molecular complexity index is 496. The van der Waals surface area contributed by atoms with Gasteiger partial charge >= 0.3 is 18.0 Å². The van der Waals surface area contributed by atoms with E-state index in [9.17, 15) is 14.4 Å². The van der Waals surface area contributed by atoms with Crippen LogP contribution in [-0.2, 0) is 19.1 Å². The maximum Gasteiger partial charge on any atom is 0.338 e. The van der Waals surface area contributed by atoms with E-state index in [0.29, 0.717) is 12.8 Å². The Morgan fingerprint density at radius 2 is 1.95 bits per heavy atom. The van der Waals surface area contributed by atoms with Gasteiger partial charge in [0.15, 0.2) is 0 Å². The van der Waals surface area contributed by atoms with Gasteiger partial charge in [0.1, 0.15) is 6.61 Å². The molecule has 0 saturated carbocycles. The Morgan fingerprint density at radius 1 is 1.23 bits per heavy atom. The van der Waals surface area contributed by atoms with Gasteiger partial charge in [-0.3, -0.25) is 0 Å². The first-order valence-corrected chi connectivity index (χ1v) is 7.34.